The van der Waals surface area contributed by atoms with Gasteiger partial charge in [-0.05, 0) is 36.4 Å². The molecule has 106 valence electrons. The third-order valence-corrected chi connectivity index (χ3v) is 3.36. The van der Waals surface area contributed by atoms with Gasteiger partial charge in [-0.15, -0.1) is 0 Å². The maximum absolute atomic E-state index is 14.2. The van der Waals surface area contributed by atoms with Crippen molar-refractivity contribution in [3.63, 3.8) is 0 Å². The quantitative estimate of drug-likeness (QED) is 0.686. The first-order valence-electron chi connectivity index (χ1n) is 6.11. The number of aromatic nitrogens is 1. The van der Waals surface area contributed by atoms with Crippen LogP contribution in [0.2, 0.25) is 5.02 Å². The van der Waals surface area contributed by atoms with Gasteiger partial charge in [-0.25, -0.2) is 8.78 Å². The fourth-order valence-electron chi connectivity index (χ4n) is 2.07. The molecule has 0 aliphatic carbocycles. The fourth-order valence-corrected chi connectivity index (χ4v) is 2.25. The van der Waals surface area contributed by atoms with E-state index in [9.17, 15) is 8.78 Å². The van der Waals surface area contributed by atoms with Crippen molar-refractivity contribution in [2.24, 2.45) is 0 Å². The Kier molecular flexibility index (Phi) is 3.35. The zero-order valence-electron chi connectivity index (χ0n) is 10.7. The van der Waals surface area contributed by atoms with Crippen LogP contribution >= 0.6 is 11.6 Å². The van der Waals surface area contributed by atoms with Gasteiger partial charge in [-0.1, -0.05) is 11.6 Å². The van der Waals surface area contributed by atoms with E-state index in [1.54, 1.807) is 18.3 Å². The molecule has 3 N–H and O–H groups in total. The van der Waals surface area contributed by atoms with Crippen LogP contribution < -0.4 is 11.1 Å². The molecule has 0 saturated carbocycles. The third kappa shape index (κ3) is 2.48. The van der Waals surface area contributed by atoms with E-state index in [-0.39, 0.29) is 10.7 Å². The molecule has 0 amide bonds. The largest absolute Gasteiger partial charge is 0.398 e. The van der Waals surface area contributed by atoms with Crippen LogP contribution in [0, 0.1) is 11.6 Å². The van der Waals surface area contributed by atoms with E-state index in [1.807, 2.05) is 0 Å². The van der Waals surface area contributed by atoms with Gasteiger partial charge >= 0.3 is 0 Å². The SMILES string of the molecule is Nc1cc(F)c(Nc2ccc(F)c(Cl)c2)c2ncccc12. The van der Waals surface area contributed by atoms with Gasteiger partial charge in [0.25, 0.3) is 0 Å². The van der Waals surface area contributed by atoms with Crippen molar-refractivity contribution in [3.05, 3.63) is 59.3 Å². The lowest BCUT2D eigenvalue weighted by Crippen LogP contribution is -1.99. The predicted molar refractivity (Wildman–Crippen MR) is 80.8 cm³/mol. The van der Waals surface area contributed by atoms with E-state index in [2.05, 4.69) is 10.3 Å². The highest BCUT2D eigenvalue weighted by atomic mass is 35.5. The standard InChI is InChI=1S/C15H10ClF2N3/c16-10-6-8(3-4-11(10)17)21-15-12(18)7-13(19)9-2-1-5-20-14(9)15/h1-7,21H,19H2. The topological polar surface area (TPSA) is 50.9 Å². The lowest BCUT2D eigenvalue weighted by atomic mass is 10.1. The Morgan fingerprint density at radius 1 is 1.10 bits per heavy atom. The zero-order chi connectivity index (χ0) is 15.0. The molecule has 1 aromatic heterocycles. The van der Waals surface area contributed by atoms with Crippen LogP contribution in [-0.2, 0) is 0 Å². The summed E-state index contributed by atoms with van der Waals surface area (Å²) in [6, 6.07) is 8.73. The summed E-state index contributed by atoms with van der Waals surface area (Å²) >= 11 is 5.72. The molecule has 0 radical (unpaired) electrons. The van der Waals surface area contributed by atoms with E-state index in [1.165, 1.54) is 24.3 Å². The second-order valence-corrected chi connectivity index (χ2v) is 4.88. The van der Waals surface area contributed by atoms with E-state index in [0.717, 1.165) is 0 Å². The van der Waals surface area contributed by atoms with E-state index < -0.39 is 11.6 Å². The van der Waals surface area contributed by atoms with Gasteiger partial charge in [0, 0.05) is 23.0 Å². The summed E-state index contributed by atoms with van der Waals surface area (Å²) in [6.07, 6.45) is 1.55. The molecule has 3 rings (SSSR count). The molecule has 6 heteroatoms. The first-order chi connectivity index (χ1) is 10.1. The second kappa shape index (κ2) is 5.18. The molecule has 21 heavy (non-hydrogen) atoms. The molecular formula is C15H10ClF2N3. The zero-order valence-corrected chi connectivity index (χ0v) is 11.5. The van der Waals surface area contributed by atoms with Crippen LogP contribution in [-0.4, -0.2) is 4.98 Å². The van der Waals surface area contributed by atoms with Crippen LogP contribution in [0.5, 0.6) is 0 Å². The molecule has 2 aromatic carbocycles. The number of nitrogens with zero attached hydrogens (tertiary/aromatic N) is 1. The van der Waals surface area contributed by atoms with Gasteiger partial charge in [0.1, 0.15) is 11.5 Å². The Hall–Kier alpha value is -2.40. The molecule has 3 aromatic rings. The minimum Gasteiger partial charge on any atom is -0.398 e. The first-order valence-corrected chi connectivity index (χ1v) is 6.49. The van der Waals surface area contributed by atoms with Gasteiger partial charge in [-0.3, -0.25) is 4.98 Å². The number of hydrogen-bond donors (Lipinski definition) is 2. The molecule has 0 bridgehead atoms. The molecule has 0 aliphatic heterocycles. The number of nitrogen functional groups attached to an aromatic ring is 1. The second-order valence-electron chi connectivity index (χ2n) is 4.48. The molecule has 0 spiro atoms. The van der Waals surface area contributed by atoms with Gasteiger partial charge in [0.2, 0.25) is 0 Å². The summed E-state index contributed by atoms with van der Waals surface area (Å²) in [5, 5.41) is 3.45. The third-order valence-electron chi connectivity index (χ3n) is 3.07. The number of pyridine rings is 1. The number of anilines is 3. The number of benzene rings is 2. The van der Waals surface area contributed by atoms with Crippen molar-refractivity contribution in [1.82, 2.24) is 4.98 Å². The van der Waals surface area contributed by atoms with Gasteiger partial charge in [0.05, 0.1) is 10.5 Å². The Labute approximate surface area is 124 Å². The number of rotatable bonds is 2. The number of hydrogen-bond acceptors (Lipinski definition) is 3. The Morgan fingerprint density at radius 3 is 2.67 bits per heavy atom. The minimum absolute atomic E-state index is 0.0480. The smallest absolute Gasteiger partial charge is 0.150 e. The van der Waals surface area contributed by atoms with Gasteiger partial charge < -0.3 is 11.1 Å². The molecule has 3 nitrogen and oxygen atoms in total. The summed E-state index contributed by atoms with van der Waals surface area (Å²) in [5.74, 6) is -1.08. The van der Waals surface area contributed by atoms with E-state index >= 15 is 0 Å². The average Bonchev–Trinajstić information content (AvgIpc) is 2.47. The summed E-state index contributed by atoms with van der Waals surface area (Å²) in [5.41, 5.74) is 7.11. The maximum atomic E-state index is 14.2. The average molecular weight is 306 g/mol. The number of fused-ring (bicyclic) bond motifs is 1. The summed E-state index contributed by atoms with van der Waals surface area (Å²) in [6.45, 7) is 0. The Balaban J connectivity index is 2.14. The highest BCUT2D eigenvalue weighted by Gasteiger charge is 2.12. The highest BCUT2D eigenvalue weighted by molar-refractivity contribution is 6.31. The fraction of sp³-hybridized carbons (Fsp3) is 0. The Morgan fingerprint density at radius 2 is 1.90 bits per heavy atom. The lowest BCUT2D eigenvalue weighted by molar-refractivity contribution is 0.628. The van der Waals surface area contributed by atoms with Crippen molar-refractivity contribution >= 4 is 39.6 Å². The van der Waals surface area contributed by atoms with Crippen molar-refractivity contribution < 1.29 is 8.78 Å². The van der Waals surface area contributed by atoms with Gasteiger partial charge in [0.15, 0.2) is 5.82 Å². The minimum atomic E-state index is -0.542. The van der Waals surface area contributed by atoms with Crippen molar-refractivity contribution in [2.45, 2.75) is 0 Å². The molecule has 0 fully saturated rings. The number of nitrogens with two attached hydrogens (primary N) is 1. The molecular weight excluding hydrogens is 296 g/mol. The van der Waals surface area contributed by atoms with Crippen LogP contribution in [0.1, 0.15) is 0 Å². The van der Waals surface area contributed by atoms with Crippen molar-refractivity contribution in [1.29, 1.82) is 0 Å². The predicted octanol–water partition coefficient (Wildman–Crippen LogP) is 4.49. The van der Waals surface area contributed by atoms with E-state index in [0.29, 0.717) is 22.3 Å². The summed E-state index contributed by atoms with van der Waals surface area (Å²) < 4.78 is 27.3. The molecule has 0 atom stereocenters. The molecule has 0 saturated heterocycles. The van der Waals surface area contributed by atoms with Crippen molar-refractivity contribution in [3.8, 4) is 0 Å². The van der Waals surface area contributed by atoms with E-state index in [4.69, 9.17) is 17.3 Å². The summed E-state index contributed by atoms with van der Waals surface area (Å²) in [4.78, 5) is 4.15. The van der Waals surface area contributed by atoms with Crippen LogP contribution in [0.25, 0.3) is 10.9 Å². The monoisotopic (exact) mass is 305 g/mol. The number of nitrogens with one attached hydrogen (secondary N) is 1. The molecule has 0 aliphatic rings. The Bertz CT molecular complexity index is 837. The van der Waals surface area contributed by atoms with Crippen molar-refractivity contribution in [2.75, 3.05) is 11.1 Å². The highest BCUT2D eigenvalue weighted by Crippen LogP contribution is 2.32. The summed E-state index contributed by atoms with van der Waals surface area (Å²) in [7, 11) is 0. The number of halogens is 3. The molecule has 0 unspecified atom stereocenters. The van der Waals surface area contributed by atoms with Crippen LogP contribution in [0.3, 0.4) is 0 Å². The normalized spacial score (nSPS) is 10.8. The van der Waals surface area contributed by atoms with Crippen LogP contribution in [0.4, 0.5) is 25.8 Å². The maximum Gasteiger partial charge on any atom is 0.150 e. The first kappa shape index (κ1) is 13.6. The lowest BCUT2D eigenvalue weighted by Gasteiger charge is -2.12. The van der Waals surface area contributed by atoms with Gasteiger partial charge in [-0.2, -0.15) is 0 Å². The molecule has 1 heterocycles. The van der Waals surface area contributed by atoms with Crippen LogP contribution in [0.15, 0.2) is 42.6 Å².